The summed E-state index contributed by atoms with van der Waals surface area (Å²) in [7, 11) is 0. The quantitative estimate of drug-likeness (QED) is 0.535. The summed E-state index contributed by atoms with van der Waals surface area (Å²) in [5, 5.41) is 11.2. The van der Waals surface area contributed by atoms with Gasteiger partial charge in [0, 0.05) is 23.6 Å². The highest BCUT2D eigenvalue weighted by molar-refractivity contribution is 5.88. The van der Waals surface area contributed by atoms with Crippen LogP contribution in [0.2, 0.25) is 0 Å². The number of aromatic hydroxyl groups is 1. The Kier molecular flexibility index (Phi) is 3.67. The maximum atomic E-state index is 12.9. The fraction of sp³-hybridized carbons (Fsp3) is 0.545. The molecule has 0 amide bonds. The fourth-order valence-electron chi connectivity index (χ4n) is 5.01. The van der Waals surface area contributed by atoms with Crippen LogP contribution in [0.1, 0.15) is 57.3 Å². The average molecular weight is 400 g/mol. The number of aryl methyl sites for hydroxylation is 1. The number of hydrogen-bond donors (Lipinski definition) is 1. The Bertz CT molecular complexity index is 1100. The highest BCUT2D eigenvalue weighted by Crippen LogP contribution is 2.53. The summed E-state index contributed by atoms with van der Waals surface area (Å²) < 4.78 is 23.4. The van der Waals surface area contributed by atoms with E-state index in [1.54, 1.807) is 13.0 Å². The Balaban J connectivity index is 1.67. The van der Waals surface area contributed by atoms with Crippen LogP contribution in [0.5, 0.6) is 11.5 Å². The van der Waals surface area contributed by atoms with Gasteiger partial charge in [0.1, 0.15) is 39.9 Å². The molecule has 7 nitrogen and oxygen atoms in total. The summed E-state index contributed by atoms with van der Waals surface area (Å²) in [4.78, 5) is 25.4. The second-order valence-corrected chi connectivity index (χ2v) is 8.91. The Morgan fingerprint density at radius 2 is 1.93 bits per heavy atom. The molecule has 29 heavy (non-hydrogen) atoms. The van der Waals surface area contributed by atoms with Crippen LogP contribution in [0.4, 0.5) is 0 Å². The first kappa shape index (κ1) is 18.5. The molecule has 2 saturated heterocycles. The van der Waals surface area contributed by atoms with E-state index in [1.165, 1.54) is 6.07 Å². The molecule has 5 rings (SSSR count). The lowest BCUT2D eigenvalue weighted by molar-refractivity contribution is -0.173. The summed E-state index contributed by atoms with van der Waals surface area (Å²) >= 11 is 0. The lowest BCUT2D eigenvalue weighted by atomic mass is 9.76. The maximum absolute atomic E-state index is 12.9. The SMILES string of the molecule is Cc1cc(=O)c2c(O)c3c(cc2o1)OC(C)(C)C1OC(=O)C2(CCCC31)OC2C. The second kappa shape index (κ2) is 5.75. The van der Waals surface area contributed by atoms with Gasteiger partial charge in [0.2, 0.25) is 0 Å². The van der Waals surface area contributed by atoms with Gasteiger partial charge in [-0.3, -0.25) is 4.79 Å². The van der Waals surface area contributed by atoms with E-state index < -0.39 is 17.3 Å². The maximum Gasteiger partial charge on any atom is 0.341 e. The number of rotatable bonds is 0. The number of carbonyl (C=O) groups is 1. The van der Waals surface area contributed by atoms with Crippen molar-refractivity contribution in [2.75, 3.05) is 0 Å². The summed E-state index contributed by atoms with van der Waals surface area (Å²) in [6.07, 6.45) is 1.21. The van der Waals surface area contributed by atoms with Crippen molar-refractivity contribution >= 4 is 16.9 Å². The summed E-state index contributed by atoms with van der Waals surface area (Å²) in [5.41, 5.74) is -1.21. The molecule has 4 atom stereocenters. The van der Waals surface area contributed by atoms with Gasteiger partial charge in [-0.05, 0) is 47.0 Å². The van der Waals surface area contributed by atoms with Gasteiger partial charge in [-0.25, -0.2) is 4.79 Å². The monoisotopic (exact) mass is 400 g/mol. The number of phenols is 1. The molecule has 7 heteroatoms. The van der Waals surface area contributed by atoms with Crippen LogP contribution in [0.25, 0.3) is 11.0 Å². The van der Waals surface area contributed by atoms with Gasteiger partial charge in [-0.15, -0.1) is 0 Å². The van der Waals surface area contributed by atoms with Crippen LogP contribution >= 0.6 is 0 Å². The van der Waals surface area contributed by atoms with Crippen LogP contribution in [0, 0.1) is 6.92 Å². The standard InChI is InChI=1S/C22H24O7/c1-10-8-13(23)17-14(26-10)9-15-16(18(17)24)12-6-5-7-22(11(2)28-22)20(25)27-19(12)21(3,4)29-15/h8-9,11-12,19,24H,5-7H2,1-4H3. The van der Waals surface area contributed by atoms with Crippen molar-refractivity contribution in [1.29, 1.82) is 0 Å². The Labute approximate surface area is 167 Å². The van der Waals surface area contributed by atoms with Crippen molar-refractivity contribution in [1.82, 2.24) is 0 Å². The zero-order valence-electron chi connectivity index (χ0n) is 16.9. The molecule has 0 aliphatic carbocycles. The van der Waals surface area contributed by atoms with E-state index in [2.05, 4.69) is 0 Å². The Hall–Kier alpha value is -2.54. The molecule has 4 heterocycles. The van der Waals surface area contributed by atoms with Crippen LogP contribution in [0.15, 0.2) is 21.3 Å². The van der Waals surface area contributed by atoms with Crippen molar-refractivity contribution in [3.05, 3.63) is 33.7 Å². The molecular formula is C22H24O7. The summed E-state index contributed by atoms with van der Waals surface area (Å²) in [5.74, 6) is 0.0829. The summed E-state index contributed by atoms with van der Waals surface area (Å²) in [6.45, 7) is 7.28. The largest absolute Gasteiger partial charge is 0.507 e. The minimum atomic E-state index is -0.856. The molecule has 154 valence electrons. The zero-order valence-corrected chi connectivity index (χ0v) is 16.9. The van der Waals surface area contributed by atoms with E-state index in [4.69, 9.17) is 18.6 Å². The van der Waals surface area contributed by atoms with E-state index in [0.717, 1.165) is 6.42 Å². The van der Waals surface area contributed by atoms with Crippen molar-refractivity contribution in [3.63, 3.8) is 0 Å². The van der Waals surface area contributed by atoms with Gasteiger partial charge in [-0.2, -0.15) is 0 Å². The van der Waals surface area contributed by atoms with Crippen molar-refractivity contribution < 1.29 is 28.5 Å². The Morgan fingerprint density at radius 3 is 2.62 bits per heavy atom. The molecule has 1 aromatic heterocycles. The highest BCUT2D eigenvalue weighted by atomic mass is 16.7. The molecule has 2 aromatic rings. The molecule has 1 aromatic carbocycles. The summed E-state index contributed by atoms with van der Waals surface area (Å²) in [6, 6.07) is 3.01. The number of fused-ring (bicyclic) bond motifs is 4. The minimum Gasteiger partial charge on any atom is -0.507 e. The Morgan fingerprint density at radius 1 is 1.21 bits per heavy atom. The van der Waals surface area contributed by atoms with Gasteiger partial charge >= 0.3 is 5.97 Å². The van der Waals surface area contributed by atoms with Crippen LogP contribution in [-0.4, -0.2) is 34.5 Å². The third-order valence-corrected chi connectivity index (χ3v) is 6.54. The number of benzene rings is 1. The fourth-order valence-corrected chi connectivity index (χ4v) is 5.01. The smallest absolute Gasteiger partial charge is 0.341 e. The van der Waals surface area contributed by atoms with E-state index in [0.29, 0.717) is 29.9 Å². The van der Waals surface area contributed by atoms with Crippen molar-refractivity contribution in [2.24, 2.45) is 0 Å². The van der Waals surface area contributed by atoms with Crippen molar-refractivity contribution in [2.45, 2.75) is 76.3 Å². The van der Waals surface area contributed by atoms with Gasteiger partial charge in [0.15, 0.2) is 11.0 Å². The number of ether oxygens (including phenoxy) is 3. The average Bonchev–Trinajstić information content (AvgIpc) is 3.26. The number of carbonyl (C=O) groups excluding carboxylic acids is 1. The number of phenolic OH excluding ortho intramolecular Hbond substituents is 1. The first-order valence-electron chi connectivity index (χ1n) is 10.0. The highest BCUT2D eigenvalue weighted by Gasteiger charge is 2.63. The van der Waals surface area contributed by atoms with E-state index >= 15 is 0 Å². The normalized spacial score (nSPS) is 32.6. The molecule has 1 spiro atoms. The van der Waals surface area contributed by atoms with E-state index in [1.807, 2.05) is 20.8 Å². The predicted molar refractivity (Wildman–Crippen MR) is 103 cm³/mol. The van der Waals surface area contributed by atoms with Gasteiger partial charge < -0.3 is 23.7 Å². The van der Waals surface area contributed by atoms with E-state index in [-0.39, 0.29) is 40.1 Å². The number of esters is 1. The lowest BCUT2D eigenvalue weighted by Crippen LogP contribution is -2.53. The molecule has 0 radical (unpaired) electrons. The van der Waals surface area contributed by atoms with E-state index in [9.17, 15) is 14.7 Å². The first-order valence-corrected chi connectivity index (χ1v) is 10.0. The molecule has 2 fully saturated rings. The van der Waals surface area contributed by atoms with Crippen LogP contribution in [-0.2, 0) is 14.3 Å². The third-order valence-electron chi connectivity index (χ3n) is 6.54. The second-order valence-electron chi connectivity index (χ2n) is 8.91. The number of epoxide rings is 1. The lowest BCUT2D eigenvalue weighted by Gasteiger charge is -2.45. The molecule has 4 unspecified atom stereocenters. The predicted octanol–water partition coefficient (Wildman–Crippen LogP) is 3.31. The topological polar surface area (TPSA) is 98.5 Å². The van der Waals surface area contributed by atoms with Crippen molar-refractivity contribution in [3.8, 4) is 11.5 Å². The van der Waals surface area contributed by atoms with Crippen LogP contribution in [0.3, 0.4) is 0 Å². The van der Waals surface area contributed by atoms with Gasteiger partial charge in [0.25, 0.3) is 0 Å². The molecular weight excluding hydrogens is 376 g/mol. The van der Waals surface area contributed by atoms with Crippen LogP contribution < -0.4 is 10.2 Å². The molecule has 0 saturated carbocycles. The molecule has 3 aliphatic heterocycles. The molecule has 0 bridgehead atoms. The third kappa shape index (κ3) is 2.53. The minimum absolute atomic E-state index is 0.125. The van der Waals surface area contributed by atoms with Gasteiger partial charge in [0.05, 0.1) is 6.10 Å². The molecule has 1 N–H and O–H groups in total. The number of hydrogen-bond acceptors (Lipinski definition) is 7. The van der Waals surface area contributed by atoms with Gasteiger partial charge in [-0.1, -0.05) is 0 Å². The zero-order chi connectivity index (χ0) is 20.7. The molecule has 3 aliphatic rings. The first-order chi connectivity index (χ1) is 13.6.